The maximum Gasteiger partial charge on any atom is 0.244 e. The first-order valence-electron chi connectivity index (χ1n) is 7.94. The fourth-order valence-electron chi connectivity index (χ4n) is 3.00. The molecule has 0 aliphatic heterocycles. The molecule has 2 aromatic carbocycles. The fraction of sp³-hybridized carbons (Fsp3) is 0.333. The number of aryl methyl sites for hydroxylation is 2. The molecule has 3 rings (SSSR count). The molecule has 0 radical (unpaired) electrons. The summed E-state index contributed by atoms with van der Waals surface area (Å²) in [6, 6.07) is 10.8. The molecule has 0 atom stereocenters. The van der Waals surface area contributed by atoms with Gasteiger partial charge in [0, 0.05) is 11.6 Å². The van der Waals surface area contributed by atoms with Crippen LogP contribution in [0.15, 0.2) is 41.3 Å². The van der Waals surface area contributed by atoms with E-state index >= 15 is 0 Å². The summed E-state index contributed by atoms with van der Waals surface area (Å²) in [6.45, 7) is 0.141. The van der Waals surface area contributed by atoms with Gasteiger partial charge in [-0.1, -0.05) is 29.8 Å². The molecule has 6 heteroatoms. The Hall–Kier alpha value is -1.56. The molecule has 2 aromatic rings. The van der Waals surface area contributed by atoms with E-state index in [-0.39, 0.29) is 11.4 Å². The second-order valence-electron chi connectivity index (χ2n) is 5.89. The molecular formula is C18H20ClNO3S. The van der Waals surface area contributed by atoms with Gasteiger partial charge in [-0.15, -0.1) is 0 Å². The van der Waals surface area contributed by atoms with Crippen molar-refractivity contribution >= 4 is 21.6 Å². The van der Waals surface area contributed by atoms with Crippen LogP contribution in [-0.4, -0.2) is 15.5 Å². The van der Waals surface area contributed by atoms with Crippen molar-refractivity contribution in [3.63, 3.8) is 0 Å². The SMILES string of the molecule is COc1cc2c(cc1S(=O)(=O)NCc1ccccc1Cl)CCCC2. The smallest absolute Gasteiger partial charge is 0.244 e. The topological polar surface area (TPSA) is 55.4 Å². The Morgan fingerprint density at radius 3 is 2.46 bits per heavy atom. The average molecular weight is 366 g/mol. The highest BCUT2D eigenvalue weighted by molar-refractivity contribution is 7.89. The number of nitrogens with one attached hydrogen (secondary N) is 1. The number of halogens is 1. The van der Waals surface area contributed by atoms with Gasteiger partial charge in [0.2, 0.25) is 10.0 Å². The van der Waals surface area contributed by atoms with Gasteiger partial charge in [0.1, 0.15) is 10.6 Å². The summed E-state index contributed by atoms with van der Waals surface area (Å²) in [7, 11) is -2.19. The zero-order valence-corrected chi connectivity index (χ0v) is 15.1. The Labute approximate surface area is 147 Å². The molecule has 4 nitrogen and oxygen atoms in total. The number of fused-ring (bicyclic) bond motifs is 1. The van der Waals surface area contributed by atoms with E-state index in [9.17, 15) is 8.42 Å². The minimum Gasteiger partial charge on any atom is -0.495 e. The van der Waals surface area contributed by atoms with Gasteiger partial charge in [-0.05, 0) is 60.6 Å². The summed E-state index contributed by atoms with van der Waals surface area (Å²) in [5.41, 5.74) is 3.02. The average Bonchev–Trinajstić information content (AvgIpc) is 2.60. The van der Waals surface area contributed by atoms with Gasteiger partial charge in [-0.3, -0.25) is 0 Å². The van der Waals surface area contributed by atoms with Crippen molar-refractivity contribution in [3.05, 3.63) is 58.1 Å². The van der Waals surface area contributed by atoms with E-state index in [0.29, 0.717) is 10.8 Å². The zero-order chi connectivity index (χ0) is 17.2. The van der Waals surface area contributed by atoms with Crippen LogP contribution in [0.2, 0.25) is 5.02 Å². The van der Waals surface area contributed by atoms with Crippen molar-refractivity contribution in [2.75, 3.05) is 7.11 Å². The minimum absolute atomic E-state index is 0.141. The summed E-state index contributed by atoms with van der Waals surface area (Å²) < 4.78 is 33.4. The number of hydrogen-bond acceptors (Lipinski definition) is 3. The van der Waals surface area contributed by atoms with Crippen molar-refractivity contribution in [1.29, 1.82) is 0 Å². The second-order valence-corrected chi connectivity index (χ2v) is 8.04. The molecule has 0 heterocycles. The summed E-state index contributed by atoms with van der Waals surface area (Å²) in [4.78, 5) is 0.192. The van der Waals surface area contributed by atoms with Gasteiger partial charge < -0.3 is 4.74 Å². The van der Waals surface area contributed by atoms with Crippen LogP contribution >= 0.6 is 11.6 Å². The molecule has 0 amide bonds. The van der Waals surface area contributed by atoms with E-state index in [1.54, 1.807) is 18.2 Å². The van der Waals surface area contributed by atoms with Gasteiger partial charge in [-0.25, -0.2) is 13.1 Å². The van der Waals surface area contributed by atoms with E-state index < -0.39 is 10.0 Å². The highest BCUT2D eigenvalue weighted by Crippen LogP contribution is 2.32. The van der Waals surface area contributed by atoms with Crippen molar-refractivity contribution in [2.24, 2.45) is 0 Å². The Bertz CT molecular complexity index is 849. The van der Waals surface area contributed by atoms with Crippen LogP contribution in [0, 0.1) is 0 Å². The number of sulfonamides is 1. The third-order valence-corrected chi connectivity index (χ3v) is 6.12. The molecule has 0 unspecified atom stereocenters. The van der Waals surface area contributed by atoms with Crippen LogP contribution in [0.3, 0.4) is 0 Å². The van der Waals surface area contributed by atoms with Gasteiger partial charge in [-0.2, -0.15) is 0 Å². The Balaban J connectivity index is 1.90. The minimum atomic E-state index is -3.69. The summed E-state index contributed by atoms with van der Waals surface area (Å²) in [5, 5.41) is 0.539. The monoisotopic (exact) mass is 365 g/mol. The fourth-order valence-corrected chi connectivity index (χ4v) is 4.41. The van der Waals surface area contributed by atoms with E-state index in [1.165, 1.54) is 12.7 Å². The van der Waals surface area contributed by atoms with Crippen LogP contribution in [0.4, 0.5) is 0 Å². The first-order chi connectivity index (χ1) is 11.5. The van der Waals surface area contributed by atoms with Crippen LogP contribution in [-0.2, 0) is 29.4 Å². The Morgan fingerprint density at radius 2 is 1.79 bits per heavy atom. The van der Waals surface area contributed by atoms with Crippen LogP contribution < -0.4 is 9.46 Å². The lowest BCUT2D eigenvalue weighted by atomic mass is 9.92. The molecule has 128 valence electrons. The summed E-state index contributed by atoms with van der Waals surface area (Å²) >= 11 is 6.09. The largest absolute Gasteiger partial charge is 0.495 e. The van der Waals surface area contributed by atoms with E-state index in [1.807, 2.05) is 18.2 Å². The lowest BCUT2D eigenvalue weighted by Gasteiger charge is -2.19. The second kappa shape index (κ2) is 7.13. The maximum atomic E-state index is 12.7. The molecule has 1 aliphatic carbocycles. The summed E-state index contributed by atoms with van der Waals surface area (Å²) in [5.74, 6) is 0.391. The predicted octanol–water partition coefficient (Wildman–Crippen LogP) is 3.71. The van der Waals surface area contributed by atoms with Gasteiger partial charge in [0.05, 0.1) is 7.11 Å². The van der Waals surface area contributed by atoms with E-state index in [2.05, 4.69) is 4.72 Å². The van der Waals surface area contributed by atoms with Crippen molar-refractivity contribution in [3.8, 4) is 5.75 Å². The number of ether oxygens (including phenoxy) is 1. The molecule has 24 heavy (non-hydrogen) atoms. The van der Waals surface area contributed by atoms with Crippen molar-refractivity contribution < 1.29 is 13.2 Å². The molecule has 0 spiro atoms. The lowest BCUT2D eigenvalue weighted by Crippen LogP contribution is -2.24. The highest BCUT2D eigenvalue weighted by atomic mass is 35.5. The number of methoxy groups -OCH3 is 1. The molecule has 0 saturated heterocycles. The molecular weight excluding hydrogens is 346 g/mol. The third-order valence-electron chi connectivity index (χ3n) is 4.33. The van der Waals surface area contributed by atoms with Crippen molar-refractivity contribution in [2.45, 2.75) is 37.1 Å². The third kappa shape index (κ3) is 3.58. The molecule has 1 aliphatic rings. The van der Waals surface area contributed by atoms with Gasteiger partial charge >= 0.3 is 0 Å². The van der Waals surface area contributed by atoms with Gasteiger partial charge in [0.25, 0.3) is 0 Å². The molecule has 1 N–H and O–H groups in total. The number of benzene rings is 2. The Kier molecular flexibility index (Phi) is 5.13. The predicted molar refractivity (Wildman–Crippen MR) is 95.1 cm³/mol. The normalized spacial score (nSPS) is 14.2. The first kappa shape index (κ1) is 17.3. The molecule has 0 bridgehead atoms. The molecule has 0 aromatic heterocycles. The van der Waals surface area contributed by atoms with Gasteiger partial charge in [0.15, 0.2) is 0 Å². The van der Waals surface area contributed by atoms with E-state index in [4.69, 9.17) is 16.3 Å². The Morgan fingerprint density at radius 1 is 1.12 bits per heavy atom. The summed E-state index contributed by atoms with van der Waals surface area (Å²) in [6.07, 6.45) is 4.10. The quantitative estimate of drug-likeness (QED) is 0.878. The van der Waals surface area contributed by atoms with Crippen LogP contribution in [0.25, 0.3) is 0 Å². The maximum absolute atomic E-state index is 12.7. The van der Waals surface area contributed by atoms with E-state index in [0.717, 1.165) is 36.8 Å². The first-order valence-corrected chi connectivity index (χ1v) is 9.80. The lowest BCUT2D eigenvalue weighted by molar-refractivity contribution is 0.401. The standard InChI is InChI=1S/C18H20ClNO3S/c1-23-17-10-13-6-2-3-7-14(13)11-18(17)24(21,22)20-12-15-8-4-5-9-16(15)19/h4-5,8-11,20H,2-3,6-7,12H2,1H3. The zero-order valence-electron chi connectivity index (χ0n) is 13.5. The van der Waals surface area contributed by atoms with Crippen molar-refractivity contribution in [1.82, 2.24) is 4.72 Å². The number of hydrogen-bond donors (Lipinski definition) is 1. The molecule has 0 saturated carbocycles. The molecule has 0 fully saturated rings. The highest BCUT2D eigenvalue weighted by Gasteiger charge is 2.23. The number of rotatable bonds is 5. The van der Waals surface area contributed by atoms with Crippen LogP contribution in [0.1, 0.15) is 29.5 Å². The van der Waals surface area contributed by atoms with Crippen LogP contribution in [0.5, 0.6) is 5.75 Å².